The first-order valence-electron chi connectivity index (χ1n) is 6.89. The summed E-state index contributed by atoms with van der Waals surface area (Å²) in [4.78, 5) is 5.13. The number of para-hydroxylation sites is 2. The zero-order valence-corrected chi connectivity index (χ0v) is 13.6. The van der Waals surface area contributed by atoms with Crippen LogP contribution in [0.5, 0.6) is 11.5 Å². The monoisotopic (exact) mass is 330 g/mol. The third kappa shape index (κ3) is 3.59. The van der Waals surface area contributed by atoms with Crippen molar-refractivity contribution >= 4 is 28.6 Å². The standard InChI is InChI=1S/C17H15ClN2OS/c1-12-6-5-9-15(19-10-14-11-20-17(18)22-14)16(12)21-13-7-3-2-4-8-13/h2-9,11,19H,10H2,1H3. The molecule has 1 aromatic heterocycles. The van der Waals surface area contributed by atoms with Crippen molar-refractivity contribution in [2.45, 2.75) is 13.5 Å². The van der Waals surface area contributed by atoms with Gasteiger partial charge in [0.2, 0.25) is 0 Å². The van der Waals surface area contributed by atoms with Gasteiger partial charge in [-0.25, -0.2) is 4.98 Å². The Balaban J connectivity index is 1.80. The van der Waals surface area contributed by atoms with Crippen LogP contribution in [0.15, 0.2) is 54.7 Å². The van der Waals surface area contributed by atoms with Crippen LogP contribution in [0, 0.1) is 6.92 Å². The summed E-state index contributed by atoms with van der Waals surface area (Å²) in [5.41, 5.74) is 2.03. The summed E-state index contributed by atoms with van der Waals surface area (Å²) in [5.74, 6) is 1.66. The van der Waals surface area contributed by atoms with Crippen LogP contribution in [0.1, 0.15) is 10.4 Å². The third-order valence-electron chi connectivity index (χ3n) is 3.15. The molecule has 3 nitrogen and oxygen atoms in total. The highest BCUT2D eigenvalue weighted by molar-refractivity contribution is 7.15. The molecule has 0 fully saturated rings. The molecule has 0 saturated heterocycles. The fourth-order valence-corrected chi connectivity index (χ4v) is 3.00. The van der Waals surface area contributed by atoms with E-state index < -0.39 is 0 Å². The predicted octanol–water partition coefficient (Wildman–Crippen LogP) is 5.51. The minimum absolute atomic E-state index is 0.557. The van der Waals surface area contributed by atoms with Gasteiger partial charge in [-0.05, 0) is 30.7 Å². The van der Waals surface area contributed by atoms with E-state index in [1.54, 1.807) is 6.20 Å². The highest BCUT2D eigenvalue weighted by Gasteiger charge is 2.09. The Hall–Kier alpha value is -2.04. The van der Waals surface area contributed by atoms with Gasteiger partial charge in [0, 0.05) is 11.1 Å². The number of aromatic nitrogens is 1. The zero-order valence-electron chi connectivity index (χ0n) is 12.0. The molecule has 0 spiro atoms. The van der Waals surface area contributed by atoms with Gasteiger partial charge < -0.3 is 10.1 Å². The molecule has 0 radical (unpaired) electrons. The van der Waals surface area contributed by atoms with Gasteiger partial charge in [-0.2, -0.15) is 0 Å². The number of rotatable bonds is 5. The lowest BCUT2D eigenvalue weighted by Gasteiger charge is -2.15. The average molecular weight is 331 g/mol. The predicted molar refractivity (Wildman–Crippen MR) is 92.1 cm³/mol. The van der Waals surface area contributed by atoms with Crippen molar-refractivity contribution in [3.05, 3.63) is 69.6 Å². The topological polar surface area (TPSA) is 34.2 Å². The lowest BCUT2D eigenvalue weighted by molar-refractivity contribution is 0.480. The maximum atomic E-state index is 6.03. The molecular weight excluding hydrogens is 316 g/mol. The molecule has 0 aliphatic rings. The largest absolute Gasteiger partial charge is 0.455 e. The number of benzene rings is 2. The summed E-state index contributed by atoms with van der Waals surface area (Å²) in [7, 11) is 0. The Labute approximate surface area is 138 Å². The molecule has 112 valence electrons. The second-order valence-corrected chi connectivity index (χ2v) is 6.50. The van der Waals surface area contributed by atoms with Crippen LogP contribution in [0.25, 0.3) is 0 Å². The quantitative estimate of drug-likeness (QED) is 0.669. The van der Waals surface area contributed by atoms with Crippen molar-refractivity contribution in [1.29, 1.82) is 0 Å². The van der Waals surface area contributed by atoms with E-state index in [0.29, 0.717) is 11.0 Å². The maximum Gasteiger partial charge on any atom is 0.183 e. The molecule has 0 atom stereocenters. The molecule has 1 heterocycles. The lowest BCUT2D eigenvalue weighted by atomic mass is 10.2. The first-order chi connectivity index (χ1) is 10.7. The summed E-state index contributed by atoms with van der Waals surface area (Å²) in [6.07, 6.45) is 1.79. The van der Waals surface area contributed by atoms with Crippen LogP contribution in [-0.2, 0) is 6.54 Å². The molecule has 1 N–H and O–H groups in total. The number of nitrogens with one attached hydrogen (secondary N) is 1. The first-order valence-corrected chi connectivity index (χ1v) is 8.08. The van der Waals surface area contributed by atoms with E-state index in [1.807, 2.05) is 55.5 Å². The van der Waals surface area contributed by atoms with Gasteiger partial charge in [0.05, 0.1) is 12.2 Å². The zero-order chi connectivity index (χ0) is 15.4. The van der Waals surface area contributed by atoms with E-state index >= 15 is 0 Å². The van der Waals surface area contributed by atoms with Crippen LogP contribution in [0.3, 0.4) is 0 Å². The lowest BCUT2D eigenvalue weighted by Crippen LogP contribution is -2.00. The molecule has 2 aromatic carbocycles. The number of ether oxygens (including phenoxy) is 1. The Morgan fingerprint density at radius 3 is 2.68 bits per heavy atom. The smallest absolute Gasteiger partial charge is 0.183 e. The normalized spacial score (nSPS) is 10.5. The third-order valence-corrected chi connectivity index (χ3v) is 4.27. The summed E-state index contributed by atoms with van der Waals surface area (Å²) in [5, 5.41) is 3.39. The Bertz CT molecular complexity index is 758. The van der Waals surface area contributed by atoms with E-state index in [9.17, 15) is 0 Å². The van der Waals surface area contributed by atoms with Gasteiger partial charge in [-0.3, -0.25) is 0 Å². The number of hydrogen-bond acceptors (Lipinski definition) is 4. The number of aryl methyl sites for hydroxylation is 1. The van der Waals surface area contributed by atoms with Crippen LogP contribution >= 0.6 is 22.9 Å². The summed E-state index contributed by atoms with van der Waals surface area (Å²) >= 11 is 7.33. The average Bonchev–Trinajstić information content (AvgIpc) is 2.94. The number of nitrogens with zero attached hydrogens (tertiary/aromatic N) is 1. The summed E-state index contributed by atoms with van der Waals surface area (Å²) < 4.78 is 6.59. The molecule has 0 bridgehead atoms. The van der Waals surface area contributed by atoms with Crippen molar-refractivity contribution in [3.8, 4) is 11.5 Å². The van der Waals surface area contributed by atoms with Crippen molar-refractivity contribution in [2.75, 3.05) is 5.32 Å². The highest BCUT2D eigenvalue weighted by Crippen LogP contribution is 2.33. The van der Waals surface area contributed by atoms with Gasteiger partial charge in [0.1, 0.15) is 5.75 Å². The Morgan fingerprint density at radius 1 is 1.14 bits per heavy atom. The van der Waals surface area contributed by atoms with Gasteiger partial charge in [0.15, 0.2) is 10.2 Å². The first kappa shape index (κ1) is 14.9. The molecule has 5 heteroatoms. The molecule has 3 aromatic rings. The molecule has 22 heavy (non-hydrogen) atoms. The molecule has 0 unspecified atom stereocenters. The van der Waals surface area contributed by atoms with E-state index in [0.717, 1.165) is 27.6 Å². The molecule has 0 amide bonds. The SMILES string of the molecule is Cc1cccc(NCc2cnc(Cl)s2)c1Oc1ccccc1. The number of thiazole rings is 1. The maximum absolute atomic E-state index is 6.03. The minimum atomic E-state index is 0.557. The van der Waals surface area contributed by atoms with E-state index in [4.69, 9.17) is 16.3 Å². The fraction of sp³-hybridized carbons (Fsp3) is 0.118. The minimum Gasteiger partial charge on any atom is -0.455 e. The molecule has 0 aliphatic carbocycles. The highest BCUT2D eigenvalue weighted by atomic mass is 35.5. The number of halogens is 1. The van der Waals surface area contributed by atoms with Crippen molar-refractivity contribution in [1.82, 2.24) is 4.98 Å². The van der Waals surface area contributed by atoms with Crippen LogP contribution < -0.4 is 10.1 Å². The van der Waals surface area contributed by atoms with Crippen molar-refractivity contribution in [3.63, 3.8) is 0 Å². The van der Waals surface area contributed by atoms with E-state index in [1.165, 1.54) is 11.3 Å². The molecule has 3 rings (SSSR count). The second-order valence-electron chi connectivity index (χ2n) is 4.80. The van der Waals surface area contributed by atoms with Crippen LogP contribution in [0.4, 0.5) is 5.69 Å². The van der Waals surface area contributed by atoms with Gasteiger partial charge in [-0.15, -0.1) is 11.3 Å². The van der Waals surface area contributed by atoms with E-state index in [-0.39, 0.29) is 0 Å². The summed E-state index contributed by atoms with van der Waals surface area (Å²) in [6, 6.07) is 15.8. The fourth-order valence-electron chi connectivity index (χ4n) is 2.08. The molecule has 0 saturated carbocycles. The number of anilines is 1. The van der Waals surface area contributed by atoms with Crippen LogP contribution in [0.2, 0.25) is 4.47 Å². The van der Waals surface area contributed by atoms with Crippen molar-refractivity contribution < 1.29 is 4.74 Å². The molecule has 0 aliphatic heterocycles. The molecular formula is C17H15ClN2OS. The van der Waals surface area contributed by atoms with Gasteiger partial charge in [-0.1, -0.05) is 41.9 Å². The second kappa shape index (κ2) is 6.81. The van der Waals surface area contributed by atoms with Crippen molar-refractivity contribution in [2.24, 2.45) is 0 Å². The van der Waals surface area contributed by atoms with Gasteiger partial charge in [0.25, 0.3) is 0 Å². The Morgan fingerprint density at radius 2 is 1.95 bits per heavy atom. The van der Waals surface area contributed by atoms with Crippen LogP contribution in [-0.4, -0.2) is 4.98 Å². The Kier molecular flexibility index (Phi) is 4.61. The van der Waals surface area contributed by atoms with Gasteiger partial charge >= 0.3 is 0 Å². The number of hydrogen-bond donors (Lipinski definition) is 1. The summed E-state index contributed by atoms with van der Waals surface area (Å²) in [6.45, 7) is 2.70. The van der Waals surface area contributed by atoms with E-state index in [2.05, 4.69) is 10.3 Å².